The maximum absolute atomic E-state index is 12.2. The molecule has 1 saturated heterocycles. The fourth-order valence-corrected chi connectivity index (χ4v) is 2.12. The third kappa shape index (κ3) is 3.53. The second kappa shape index (κ2) is 6.14. The van der Waals surface area contributed by atoms with Gasteiger partial charge >= 0.3 is 0 Å². The molecule has 3 N–H and O–H groups in total. The highest BCUT2D eigenvalue weighted by Crippen LogP contribution is 2.20. The second-order valence-corrected chi connectivity index (χ2v) is 4.86. The van der Waals surface area contributed by atoms with Crippen molar-refractivity contribution in [2.75, 3.05) is 25.6 Å². The van der Waals surface area contributed by atoms with Crippen LogP contribution >= 0.6 is 0 Å². The van der Waals surface area contributed by atoms with E-state index in [1.807, 2.05) is 24.3 Å². The maximum atomic E-state index is 12.2. The lowest BCUT2D eigenvalue weighted by Crippen LogP contribution is -2.54. The van der Waals surface area contributed by atoms with Gasteiger partial charge in [0.05, 0.1) is 6.61 Å². The van der Waals surface area contributed by atoms with Crippen LogP contribution in [-0.4, -0.2) is 31.8 Å². The SMILES string of the molecule is COCc1cccc(NC(=O)C2(N)CCOCC2)c1. The van der Waals surface area contributed by atoms with Crippen LogP contribution in [-0.2, 0) is 20.9 Å². The minimum absolute atomic E-state index is 0.148. The van der Waals surface area contributed by atoms with Crippen molar-refractivity contribution in [1.82, 2.24) is 0 Å². The zero-order valence-electron chi connectivity index (χ0n) is 11.1. The van der Waals surface area contributed by atoms with E-state index >= 15 is 0 Å². The Morgan fingerprint density at radius 2 is 2.21 bits per heavy atom. The van der Waals surface area contributed by atoms with Crippen LogP contribution < -0.4 is 11.1 Å². The molecule has 1 aromatic rings. The minimum Gasteiger partial charge on any atom is -0.381 e. The van der Waals surface area contributed by atoms with E-state index in [-0.39, 0.29) is 5.91 Å². The van der Waals surface area contributed by atoms with E-state index in [1.165, 1.54) is 0 Å². The van der Waals surface area contributed by atoms with E-state index in [0.717, 1.165) is 11.3 Å². The number of benzene rings is 1. The van der Waals surface area contributed by atoms with Crippen molar-refractivity contribution in [1.29, 1.82) is 0 Å². The number of methoxy groups -OCH3 is 1. The lowest BCUT2D eigenvalue weighted by Gasteiger charge is -2.31. The number of hydrogen-bond donors (Lipinski definition) is 2. The predicted octanol–water partition coefficient (Wildman–Crippen LogP) is 1.28. The first kappa shape index (κ1) is 14.0. The van der Waals surface area contributed by atoms with Gasteiger partial charge in [0.1, 0.15) is 5.54 Å². The Hall–Kier alpha value is -1.43. The van der Waals surface area contributed by atoms with Crippen molar-refractivity contribution in [3.63, 3.8) is 0 Å². The summed E-state index contributed by atoms with van der Waals surface area (Å²) >= 11 is 0. The van der Waals surface area contributed by atoms with Gasteiger partial charge in [0.2, 0.25) is 5.91 Å². The third-order valence-electron chi connectivity index (χ3n) is 3.33. The molecule has 5 heteroatoms. The fraction of sp³-hybridized carbons (Fsp3) is 0.500. The summed E-state index contributed by atoms with van der Waals surface area (Å²) in [5.74, 6) is -0.148. The predicted molar refractivity (Wildman–Crippen MR) is 72.8 cm³/mol. The highest BCUT2D eigenvalue weighted by molar-refractivity contribution is 5.98. The number of carbonyl (C=O) groups is 1. The average molecular weight is 264 g/mol. The van der Waals surface area contributed by atoms with Crippen LogP contribution in [0.2, 0.25) is 0 Å². The van der Waals surface area contributed by atoms with Crippen molar-refractivity contribution in [2.24, 2.45) is 5.73 Å². The van der Waals surface area contributed by atoms with E-state index in [2.05, 4.69) is 5.32 Å². The summed E-state index contributed by atoms with van der Waals surface area (Å²) in [4.78, 5) is 12.2. The molecule has 1 aromatic carbocycles. The molecule has 0 saturated carbocycles. The first-order chi connectivity index (χ1) is 9.14. The standard InChI is InChI=1S/C14H20N2O3/c1-18-10-11-3-2-4-12(9-11)16-13(17)14(15)5-7-19-8-6-14/h2-4,9H,5-8,10,15H2,1H3,(H,16,17). The quantitative estimate of drug-likeness (QED) is 0.859. The summed E-state index contributed by atoms with van der Waals surface area (Å²) in [6, 6.07) is 7.58. The molecule has 0 unspecified atom stereocenters. The smallest absolute Gasteiger partial charge is 0.244 e. The Morgan fingerprint density at radius 3 is 2.89 bits per heavy atom. The van der Waals surface area contributed by atoms with Gasteiger partial charge in [-0.25, -0.2) is 0 Å². The Bertz CT molecular complexity index is 442. The van der Waals surface area contributed by atoms with Crippen LogP contribution in [0.25, 0.3) is 0 Å². The van der Waals surface area contributed by atoms with Crippen molar-refractivity contribution in [3.05, 3.63) is 29.8 Å². The number of anilines is 1. The highest BCUT2D eigenvalue weighted by Gasteiger charge is 2.35. The zero-order valence-corrected chi connectivity index (χ0v) is 11.1. The van der Waals surface area contributed by atoms with Gasteiger partial charge in [0, 0.05) is 26.0 Å². The van der Waals surface area contributed by atoms with Gasteiger partial charge in [0.25, 0.3) is 0 Å². The largest absolute Gasteiger partial charge is 0.381 e. The normalized spacial score (nSPS) is 18.0. The fourth-order valence-electron chi connectivity index (χ4n) is 2.12. The van der Waals surface area contributed by atoms with Crippen molar-refractivity contribution in [2.45, 2.75) is 25.0 Å². The average Bonchev–Trinajstić information content (AvgIpc) is 2.40. The lowest BCUT2D eigenvalue weighted by molar-refractivity contribution is -0.124. The number of carbonyl (C=O) groups excluding carboxylic acids is 1. The minimum atomic E-state index is -0.824. The molecule has 0 spiro atoms. The van der Waals surface area contributed by atoms with Crippen molar-refractivity contribution in [3.8, 4) is 0 Å². The first-order valence-corrected chi connectivity index (χ1v) is 6.40. The van der Waals surface area contributed by atoms with Crippen LogP contribution in [0.4, 0.5) is 5.69 Å². The van der Waals surface area contributed by atoms with Crippen LogP contribution in [0.1, 0.15) is 18.4 Å². The summed E-state index contributed by atoms with van der Waals surface area (Å²) in [5.41, 5.74) is 7.07. The summed E-state index contributed by atoms with van der Waals surface area (Å²) in [7, 11) is 1.64. The monoisotopic (exact) mass is 264 g/mol. The molecule has 0 aliphatic carbocycles. The lowest BCUT2D eigenvalue weighted by atomic mass is 9.90. The van der Waals surface area contributed by atoms with Gasteiger partial charge in [-0.15, -0.1) is 0 Å². The Kier molecular flexibility index (Phi) is 4.52. The Labute approximate surface area is 113 Å². The number of hydrogen-bond acceptors (Lipinski definition) is 4. The van der Waals surface area contributed by atoms with Crippen molar-refractivity contribution < 1.29 is 14.3 Å². The number of ether oxygens (including phenoxy) is 2. The van der Waals surface area contributed by atoms with Crippen LogP contribution in [0.15, 0.2) is 24.3 Å². The summed E-state index contributed by atoms with van der Waals surface area (Å²) in [6.07, 6.45) is 1.10. The summed E-state index contributed by atoms with van der Waals surface area (Å²) in [5, 5.41) is 2.88. The van der Waals surface area contributed by atoms with E-state index in [1.54, 1.807) is 7.11 Å². The van der Waals surface area contributed by atoms with Gasteiger partial charge in [-0.05, 0) is 30.5 Å². The van der Waals surface area contributed by atoms with E-state index in [4.69, 9.17) is 15.2 Å². The van der Waals surface area contributed by atoms with Gasteiger partial charge < -0.3 is 20.5 Å². The second-order valence-electron chi connectivity index (χ2n) is 4.86. The van der Waals surface area contributed by atoms with E-state index < -0.39 is 5.54 Å². The molecule has 0 radical (unpaired) electrons. The third-order valence-corrected chi connectivity index (χ3v) is 3.33. The topological polar surface area (TPSA) is 73.6 Å². The molecule has 0 aromatic heterocycles. The number of nitrogens with two attached hydrogens (primary N) is 1. The molecule has 5 nitrogen and oxygen atoms in total. The molecule has 1 heterocycles. The van der Waals surface area contributed by atoms with Gasteiger partial charge in [-0.1, -0.05) is 12.1 Å². The molecule has 0 bridgehead atoms. The molecule has 0 atom stereocenters. The molecular weight excluding hydrogens is 244 g/mol. The maximum Gasteiger partial charge on any atom is 0.244 e. The van der Waals surface area contributed by atoms with Gasteiger partial charge in [-0.3, -0.25) is 4.79 Å². The molecular formula is C14H20N2O3. The van der Waals surface area contributed by atoms with Crippen LogP contribution in [0.5, 0.6) is 0 Å². The van der Waals surface area contributed by atoms with E-state index in [0.29, 0.717) is 32.7 Å². The molecule has 1 aliphatic heterocycles. The number of nitrogens with one attached hydrogen (secondary N) is 1. The van der Waals surface area contributed by atoms with E-state index in [9.17, 15) is 4.79 Å². The number of rotatable bonds is 4. The van der Waals surface area contributed by atoms with Gasteiger partial charge in [0.15, 0.2) is 0 Å². The van der Waals surface area contributed by atoms with Crippen molar-refractivity contribution >= 4 is 11.6 Å². The molecule has 2 rings (SSSR count). The zero-order chi connectivity index (χ0) is 13.7. The van der Waals surface area contributed by atoms with Gasteiger partial charge in [-0.2, -0.15) is 0 Å². The number of amides is 1. The summed E-state index contributed by atoms with van der Waals surface area (Å²) in [6.45, 7) is 1.59. The van der Waals surface area contributed by atoms with Crippen LogP contribution in [0, 0.1) is 0 Å². The molecule has 19 heavy (non-hydrogen) atoms. The first-order valence-electron chi connectivity index (χ1n) is 6.40. The highest BCUT2D eigenvalue weighted by atomic mass is 16.5. The van der Waals surface area contributed by atoms with Crippen LogP contribution in [0.3, 0.4) is 0 Å². The molecule has 1 amide bonds. The Morgan fingerprint density at radius 1 is 1.47 bits per heavy atom. The summed E-state index contributed by atoms with van der Waals surface area (Å²) < 4.78 is 10.3. The molecule has 1 fully saturated rings. The molecule has 1 aliphatic rings. The molecule has 104 valence electrons. The Balaban J connectivity index is 2.03.